The Labute approximate surface area is 187 Å². The molecule has 0 aliphatic carbocycles. The number of phenolic OH excluding ortho intramolecular Hbond substituents is 2. The van der Waals surface area contributed by atoms with Crippen LogP contribution in [0, 0.1) is 0 Å². The molecule has 0 bridgehead atoms. The maximum absolute atomic E-state index is 11.9. The zero-order valence-corrected chi connectivity index (χ0v) is 17.8. The molecule has 32 heavy (non-hydrogen) atoms. The van der Waals surface area contributed by atoms with Crippen molar-refractivity contribution in [3.8, 4) is 34.0 Å². The van der Waals surface area contributed by atoms with E-state index in [4.69, 9.17) is 11.6 Å². The van der Waals surface area contributed by atoms with Crippen LogP contribution in [0.3, 0.4) is 0 Å². The van der Waals surface area contributed by atoms with Crippen molar-refractivity contribution < 1.29 is 23.2 Å². The number of phenols is 2. The van der Waals surface area contributed by atoms with Gasteiger partial charge in [-0.15, -0.1) is 0 Å². The van der Waals surface area contributed by atoms with Crippen LogP contribution < -0.4 is 0 Å². The molecule has 0 aliphatic rings. The molecule has 1 heterocycles. The molecular weight excluding hydrogens is 452 g/mol. The summed E-state index contributed by atoms with van der Waals surface area (Å²) in [6.45, 7) is 0. The van der Waals surface area contributed by atoms with Crippen molar-refractivity contribution in [2.75, 3.05) is 0 Å². The van der Waals surface area contributed by atoms with Crippen molar-refractivity contribution in [1.29, 1.82) is 0 Å². The summed E-state index contributed by atoms with van der Waals surface area (Å²) < 4.78 is 33.5. The molecule has 0 saturated carbocycles. The van der Waals surface area contributed by atoms with Gasteiger partial charge in [-0.2, -0.15) is 8.42 Å². The summed E-state index contributed by atoms with van der Waals surface area (Å²) in [5.74, 6) is 0.0359. The van der Waals surface area contributed by atoms with Crippen LogP contribution in [-0.4, -0.2) is 33.2 Å². The van der Waals surface area contributed by atoms with Gasteiger partial charge in [0.2, 0.25) is 0 Å². The van der Waals surface area contributed by atoms with E-state index >= 15 is 0 Å². The Morgan fingerprint density at radius 3 is 2.34 bits per heavy atom. The van der Waals surface area contributed by atoms with Crippen molar-refractivity contribution in [2.24, 2.45) is 0 Å². The highest BCUT2D eigenvalue weighted by atomic mass is 35.5. The first-order valence-corrected chi connectivity index (χ1v) is 11.3. The Kier molecular flexibility index (Phi) is 4.59. The Morgan fingerprint density at radius 2 is 1.62 bits per heavy atom. The van der Waals surface area contributed by atoms with Gasteiger partial charge in [0, 0.05) is 10.4 Å². The second kappa shape index (κ2) is 7.23. The van der Waals surface area contributed by atoms with E-state index in [0.717, 1.165) is 11.1 Å². The molecule has 5 rings (SSSR count). The lowest BCUT2D eigenvalue weighted by molar-refractivity contribution is 0.477. The molecule has 4 N–H and O–H groups in total. The Balaban J connectivity index is 1.72. The molecule has 0 aliphatic heterocycles. The minimum atomic E-state index is -4.56. The Hall–Kier alpha value is -3.59. The van der Waals surface area contributed by atoms with Gasteiger partial charge in [-0.3, -0.25) is 4.55 Å². The number of aromatic hydroxyl groups is 2. The standard InChI is InChI=1S/C23H15ClN2O5S/c24-14-4-1-3-12(9-14)13-7-8-15(19(28)10-13)23-25-17-11-20(32(29,30)31)16-5-2-6-18(27)21(16)22(17)26-23/h1-11,27-28H,(H,25,26)(H,29,30,31). The first-order valence-electron chi connectivity index (χ1n) is 9.43. The summed E-state index contributed by atoms with van der Waals surface area (Å²) in [6.07, 6.45) is 0. The predicted molar refractivity (Wildman–Crippen MR) is 123 cm³/mol. The van der Waals surface area contributed by atoms with E-state index in [-0.39, 0.29) is 38.5 Å². The number of fused-ring (bicyclic) bond motifs is 3. The van der Waals surface area contributed by atoms with Crippen LogP contribution in [0.25, 0.3) is 44.3 Å². The molecule has 4 aromatic carbocycles. The van der Waals surface area contributed by atoms with Crippen molar-refractivity contribution in [3.63, 3.8) is 0 Å². The van der Waals surface area contributed by atoms with Gasteiger partial charge in [-0.05, 0) is 47.5 Å². The van der Waals surface area contributed by atoms with Crippen LogP contribution >= 0.6 is 11.6 Å². The number of benzene rings is 4. The number of imidazole rings is 1. The highest BCUT2D eigenvalue weighted by molar-refractivity contribution is 7.86. The maximum Gasteiger partial charge on any atom is 0.295 e. The fourth-order valence-electron chi connectivity index (χ4n) is 3.81. The second-order valence-corrected chi connectivity index (χ2v) is 9.10. The van der Waals surface area contributed by atoms with E-state index < -0.39 is 10.1 Å². The van der Waals surface area contributed by atoms with E-state index in [0.29, 0.717) is 16.1 Å². The van der Waals surface area contributed by atoms with Crippen LogP contribution in [0.15, 0.2) is 71.6 Å². The van der Waals surface area contributed by atoms with Gasteiger partial charge in [-0.1, -0.05) is 41.9 Å². The largest absolute Gasteiger partial charge is 0.507 e. The number of nitrogens with one attached hydrogen (secondary N) is 1. The normalized spacial score (nSPS) is 11.9. The fourth-order valence-corrected chi connectivity index (χ4v) is 4.71. The zero-order valence-electron chi connectivity index (χ0n) is 16.2. The van der Waals surface area contributed by atoms with Crippen LogP contribution in [-0.2, 0) is 10.1 Å². The number of aromatic amines is 1. The SMILES string of the molecule is O=S(=O)(O)c1cc2[nH]c(-c3ccc(-c4cccc(Cl)c4)cc3O)nc2c2c(O)cccc12. The number of nitrogens with zero attached hydrogens (tertiary/aromatic N) is 1. The van der Waals surface area contributed by atoms with E-state index in [1.807, 2.05) is 12.1 Å². The number of rotatable bonds is 3. The molecule has 0 unspecified atom stereocenters. The van der Waals surface area contributed by atoms with Gasteiger partial charge in [0.1, 0.15) is 27.7 Å². The molecule has 5 aromatic rings. The number of halogens is 1. The minimum Gasteiger partial charge on any atom is -0.507 e. The van der Waals surface area contributed by atoms with Gasteiger partial charge < -0.3 is 15.2 Å². The molecule has 9 heteroatoms. The third-order valence-electron chi connectivity index (χ3n) is 5.24. The molecule has 1 aromatic heterocycles. The number of hydrogen-bond acceptors (Lipinski definition) is 5. The molecule has 0 amide bonds. The lowest BCUT2D eigenvalue weighted by Crippen LogP contribution is -1.99. The third kappa shape index (κ3) is 3.34. The molecule has 0 saturated heterocycles. The van der Waals surface area contributed by atoms with Crippen LogP contribution in [0.1, 0.15) is 0 Å². The van der Waals surface area contributed by atoms with Gasteiger partial charge in [0.05, 0.1) is 16.5 Å². The van der Waals surface area contributed by atoms with Crippen molar-refractivity contribution in [2.45, 2.75) is 4.90 Å². The van der Waals surface area contributed by atoms with Crippen molar-refractivity contribution in [1.82, 2.24) is 9.97 Å². The highest BCUT2D eigenvalue weighted by Gasteiger charge is 2.21. The highest BCUT2D eigenvalue weighted by Crippen LogP contribution is 2.38. The number of aromatic nitrogens is 2. The molecule has 160 valence electrons. The monoisotopic (exact) mass is 466 g/mol. The lowest BCUT2D eigenvalue weighted by atomic mass is 10.0. The van der Waals surface area contributed by atoms with E-state index in [9.17, 15) is 23.2 Å². The molecular formula is C23H15ClN2O5S. The topological polar surface area (TPSA) is 124 Å². The number of hydrogen-bond donors (Lipinski definition) is 4. The summed E-state index contributed by atoms with van der Waals surface area (Å²) in [6, 6.07) is 17.9. The smallest absolute Gasteiger partial charge is 0.295 e. The van der Waals surface area contributed by atoms with E-state index in [2.05, 4.69) is 9.97 Å². The van der Waals surface area contributed by atoms with E-state index in [1.54, 1.807) is 30.3 Å². The summed E-state index contributed by atoms with van der Waals surface area (Å²) in [5, 5.41) is 21.9. The summed E-state index contributed by atoms with van der Waals surface area (Å²) in [7, 11) is -4.56. The zero-order chi connectivity index (χ0) is 22.6. The average molecular weight is 467 g/mol. The predicted octanol–water partition coefficient (Wildman–Crippen LogP) is 5.36. The average Bonchev–Trinajstić information content (AvgIpc) is 3.16. The van der Waals surface area contributed by atoms with Crippen LogP contribution in [0.4, 0.5) is 0 Å². The summed E-state index contributed by atoms with van der Waals surface area (Å²) in [5.41, 5.74) is 2.54. The van der Waals surface area contributed by atoms with Gasteiger partial charge in [0.15, 0.2) is 0 Å². The van der Waals surface area contributed by atoms with Gasteiger partial charge >= 0.3 is 0 Å². The van der Waals surface area contributed by atoms with Gasteiger partial charge in [0.25, 0.3) is 10.1 Å². The van der Waals surface area contributed by atoms with Crippen molar-refractivity contribution >= 4 is 43.5 Å². The van der Waals surface area contributed by atoms with Gasteiger partial charge in [-0.25, -0.2) is 4.98 Å². The maximum atomic E-state index is 11.9. The Morgan fingerprint density at radius 1 is 0.875 bits per heavy atom. The minimum absolute atomic E-state index is 0.0509. The first-order chi connectivity index (χ1) is 15.2. The molecule has 0 atom stereocenters. The summed E-state index contributed by atoms with van der Waals surface area (Å²) >= 11 is 6.05. The number of H-pyrrole nitrogens is 1. The summed E-state index contributed by atoms with van der Waals surface area (Å²) in [4.78, 5) is 7.12. The second-order valence-electron chi connectivity index (χ2n) is 7.27. The van der Waals surface area contributed by atoms with Crippen LogP contribution in [0.5, 0.6) is 11.5 Å². The lowest BCUT2D eigenvalue weighted by Gasteiger charge is -2.06. The first kappa shape index (κ1) is 20.3. The molecule has 0 fully saturated rings. The molecule has 0 radical (unpaired) electrons. The van der Waals surface area contributed by atoms with E-state index in [1.165, 1.54) is 24.3 Å². The van der Waals surface area contributed by atoms with Crippen LogP contribution in [0.2, 0.25) is 5.02 Å². The Bertz CT molecular complexity index is 1640. The fraction of sp³-hybridized carbons (Fsp3) is 0. The quantitative estimate of drug-likeness (QED) is 0.265. The molecule has 0 spiro atoms. The third-order valence-corrected chi connectivity index (χ3v) is 6.37. The van der Waals surface area contributed by atoms with Crippen molar-refractivity contribution in [3.05, 3.63) is 71.8 Å². The molecule has 7 nitrogen and oxygen atoms in total.